The molecule has 0 aliphatic heterocycles. The highest BCUT2D eigenvalue weighted by Gasteiger charge is 2.09. The Morgan fingerprint density at radius 2 is 1.92 bits per heavy atom. The summed E-state index contributed by atoms with van der Waals surface area (Å²) < 4.78 is 5.00. The number of hydrogen-bond acceptors (Lipinski definition) is 3. The number of aliphatic hydroxyl groups is 1. The Hall–Kier alpha value is -0.120. The molecule has 0 aromatic heterocycles. The molecule has 0 aromatic carbocycles. The van der Waals surface area contributed by atoms with Crippen LogP contribution >= 0.6 is 0 Å². The maximum absolute atomic E-state index is 9.12. The lowest BCUT2D eigenvalue weighted by atomic mass is 10.1. The fourth-order valence-corrected chi connectivity index (χ4v) is 1.16. The minimum Gasteiger partial charge on any atom is -0.393 e. The molecule has 0 rings (SSSR count). The van der Waals surface area contributed by atoms with Crippen LogP contribution in [0.3, 0.4) is 0 Å². The summed E-state index contributed by atoms with van der Waals surface area (Å²) >= 11 is 0. The van der Waals surface area contributed by atoms with E-state index in [1.54, 1.807) is 7.11 Å². The lowest BCUT2D eigenvalue weighted by Gasteiger charge is -2.24. The van der Waals surface area contributed by atoms with Crippen LogP contribution in [0.15, 0.2) is 0 Å². The van der Waals surface area contributed by atoms with E-state index < -0.39 is 0 Å². The molecule has 0 aliphatic carbocycles. The summed E-state index contributed by atoms with van der Waals surface area (Å²) in [5.41, 5.74) is 0. The van der Waals surface area contributed by atoms with Crippen molar-refractivity contribution in [2.45, 2.75) is 38.8 Å². The molecule has 0 saturated carbocycles. The van der Waals surface area contributed by atoms with E-state index in [0.29, 0.717) is 6.04 Å². The van der Waals surface area contributed by atoms with Crippen molar-refractivity contribution in [1.82, 2.24) is 4.90 Å². The molecular formula is C10H23NO2. The maximum Gasteiger partial charge on any atom is 0.0589 e. The molecule has 80 valence electrons. The topological polar surface area (TPSA) is 32.7 Å². The maximum atomic E-state index is 9.12. The van der Waals surface area contributed by atoms with Gasteiger partial charge in [-0.3, -0.25) is 0 Å². The average Bonchev–Trinajstić information content (AvgIpc) is 2.10. The van der Waals surface area contributed by atoms with Gasteiger partial charge in [0.15, 0.2) is 0 Å². The molecule has 0 unspecified atom stereocenters. The fraction of sp³-hybridized carbons (Fsp3) is 1.00. The third-order valence-corrected chi connectivity index (χ3v) is 2.40. The Morgan fingerprint density at radius 1 is 1.31 bits per heavy atom. The van der Waals surface area contributed by atoms with Crippen LogP contribution in [0.25, 0.3) is 0 Å². The summed E-state index contributed by atoms with van der Waals surface area (Å²) in [6.07, 6.45) is 1.73. The minimum atomic E-state index is -0.182. The summed E-state index contributed by atoms with van der Waals surface area (Å²) in [5, 5.41) is 9.12. The Morgan fingerprint density at radius 3 is 2.38 bits per heavy atom. The van der Waals surface area contributed by atoms with Crippen molar-refractivity contribution in [2.24, 2.45) is 0 Å². The van der Waals surface area contributed by atoms with Gasteiger partial charge in [-0.15, -0.1) is 0 Å². The van der Waals surface area contributed by atoms with E-state index in [4.69, 9.17) is 9.84 Å². The molecular weight excluding hydrogens is 166 g/mol. The van der Waals surface area contributed by atoms with Crippen molar-refractivity contribution in [3.8, 4) is 0 Å². The zero-order valence-electron chi connectivity index (χ0n) is 9.29. The second-order valence-corrected chi connectivity index (χ2v) is 3.75. The highest BCUT2D eigenvalue weighted by Crippen LogP contribution is 2.06. The zero-order valence-corrected chi connectivity index (χ0v) is 9.29. The van der Waals surface area contributed by atoms with Crippen LogP contribution in [-0.4, -0.2) is 49.5 Å². The molecule has 0 amide bonds. The van der Waals surface area contributed by atoms with Crippen LogP contribution in [0.4, 0.5) is 0 Å². The van der Waals surface area contributed by atoms with Crippen LogP contribution in [0.1, 0.15) is 26.7 Å². The van der Waals surface area contributed by atoms with Crippen LogP contribution in [0.2, 0.25) is 0 Å². The molecule has 0 spiro atoms. The smallest absolute Gasteiger partial charge is 0.0589 e. The predicted molar refractivity (Wildman–Crippen MR) is 54.9 cm³/mol. The summed E-state index contributed by atoms with van der Waals surface area (Å²) in [6.45, 7) is 5.74. The number of hydrogen-bond donors (Lipinski definition) is 1. The van der Waals surface area contributed by atoms with Gasteiger partial charge in [-0.1, -0.05) is 0 Å². The van der Waals surface area contributed by atoms with Crippen LogP contribution < -0.4 is 0 Å². The molecule has 0 fully saturated rings. The van der Waals surface area contributed by atoms with Crippen molar-refractivity contribution in [3.63, 3.8) is 0 Å². The van der Waals surface area contributed by atoms with Crippen molar-refractivity contribution in [2.75, 3.05) is 27.3 Å². The first-order valence-corrected chi connectivity index (χ1v) is 4.95. The molecule has 1 N–H and O–H groups in total. The molecule has 0 aliphatic rings. The molecule has 0 bridgehead atoms. The first kappa shape index (κ1) is 12.9. The van der Waals surface area contributed by atoms with Crippen LogP contribution in [0, 0.1) is 0 Å². The van der Waals surface area contributed by atoms with E-state index in [2.05, 4.69) is 18.9 Å². The van der Waals surface area contributed by atoms with Gasteiger partial charge in [0.1, 0.15) is 0 Å². The van der Waals surface area contributed by atoms with Gasteiger partial charge < -0.3 is 14.7 Å². The second kappa shape index (κ2) is 7.30. The molecule has 2 atom stereocenters. The monoisotopic (exact) mass is 189 g/mol. The van der Waals surface area contributed by atoms with Gasteiger partial charge in [0.05, 0.1) is 12.7 Å². The molecule has 0 saturated heterocycles. The fourth-order valence-electron chi connectivity index (χ4n) is 1.16. The standard InChI is InChI=1S/C10H23NO2/c1-9(5-6-10(2)12)11(3)7-8-13-4/h9-10,12H,5-8H2,1-4H3/t9-,10-/m1/s1. The number of nitrogens with zero attached hydrogens (tertiary/aromatic N) is 1. The first-order chi connectivity index (χ1) is 6.07. The van der Waals surface area contributed by atoms with Gasteiger partial charge in [0.2, 0.25) is 0 Å². The Balaban J connectivity index is 3.50. The Kier molecular flexibility index (Phi) is 7.23. The van der Waals surface area contributed by atoms with Gasteiger partial charge in [-0.05, 0) is 33.7 Å². The van der Waals surface area contributed by atoms with E-state index >= 15 is 0 Å². The van der Waals surface area contributed by atoms with E-state index in [1.165, 1.54) is 0 Å². The van der Waals surface area contributed by atoms with E-state index in [-0.39, 0.29) is 6.10 Å². The average molecular weight is 189 g/mol. The number of methoxy groups -OCH3 is 1. The quantitative estimate of drug-likeness (QED) is 0.651. The van der Waals surface area contributed by atoms with Crippen molar-refractivity contribution < 1.29 is 9.84 Å². The minimum absolute atomic E-state index is 0.182. The van der Waals surface area contributed by atoms with Gasteiger partial charge >= 0.3 is 0 Å². The lowest BCUT2D eigenvalue weighted by Crippen LogP contribution is -2.32. The summed E-state index contributed by atoms with van der Waals surface area (Å²) in [5.74, 6) is 0. The van der Waals surface area contributed by atoms with E-state index in [0.717, 1.165) is 26.0 Å². The van der Waals surface area contributed by atoms with Gasteiger partial charge in [0, 0.05) is 19.7 Å². The van der Waals surface area contributed by atoms with Crippen molar-refractivity contribution in [3.05, 3.63) is 0 Å². The van der Waals surface area contributed by atoms with Crippen LogP contribution in [-0.2, 0) is 4.74 Å². The van der Waals surface area contributed by atoms with E-state index in [1.807, 2.05) is 6.92 Å². The molecule has 3 heteroatoms. The predicted octanol–water partition coefficient (Wildman–Crippen LogP) is 1.11. The van der Waals surface area contributed by atoms with Gasteiger partial charge in [-0.25, -0.2) is 0 Å². The number of aliphatic hydroxyl groups excluding tert-OH is 1. The largest absolute Gasteiger partial charge is 0.393 e. The van der Waals surface area contributed by atoms with Gasteiger partial charge in [0.25, 0.3) is 0 Å². The summed E-state index contributed by atoms with van der Waals surface area (Å²) in [6, 6.07) is 0.518. The highest BCUT2D eigenvalue weighted by atomic mass is 16.5. The SMILES string of the molecule is COCCN(C)[C@H](C)CC[C@@H](C)O. The van der Waals surface area contributed by atoms with E-state index in [9.17, 15) is 0 Å². The molecule has 0 radical (unpaired) electrons. The number of rotatable bonds is 7. The molecule has 13 heavy (non-hydrogen) atoms. The summed E-state index contributed by atoms with van der Waals surface area (Å²) in [4.78, 5) is 2.26. The normalized spacial score (nSPS) is 16.2. The molecule has 3 nitrogen and oxygen atoms in total. The summed E-state index contributed by atoms with van der Waals surface area (Å²) in [7, 11) is 3.81. The zero-order chi connectivity index (χ0) is 10.3. The molecule has 0 heterocycles. The van der Waals surface area contributed by atoms with Gasteiger partial charge in [-0.2, -0.15) is 0 Å². The van der Waals surface area contributed by atoms with Crippen molar-refractivity contribution in [1.29, 1.82) is 0 Å². The number of ether oxygens (including phenoxy) is 1. The highest BCUT2D eigenvalue weighted by molar-refractivity contribution is 4.64. The van der Waals surface area contributed by atoms with Crippen LogP contribution in [0.5, 0.6) is 0 Å². The lowest BCUT2D eigenvalue weighted by molar-refractivity contribution is 0.126. The Bertz CT molecular complexity index is 117. The van der Waals surface area contributed by atoms with Crippen molar-refractivity contribution >= 4 is 0 Å². The second-order valence-electron chi connectivity index (χ2n) is 3.75. The molecule has 0 aromatic rings. The Labute approximate surface area is 81.7 Å². The number of likely N-dealkylation sites (N-methyl/N-ethyl adjacent to an activating group) is 1. The first-order valence-electron chi connectivity index (χ1n) is 4.95. The third kappa shape index (κ3) is 6.99. The third-order valence-electron chi connectivity index (χ3n) is 2.40.